The SMILES string of the molecule is COC(=O)CC[C@@H](C)C1CCC2C3C[C@H](O)C4C[C@H](C)CC[C@]4(C)C3CC[C@@]21C. The summed E-state index contributed by atoms with van der Waals surface area (Å²) in [6.07, 6.45) is 11.7. The molecule has 29 heavy (non-hydrogen) atoms. The van der Waals surface area contributed by atoms with Gasteiger partial charge in [0.1, 0.15) is 0 Å². The van der Waals surface area contributed by atoms with Gasteiger partial charge in [0, 0.05) is 6.42 Å². The van der Waals surface area contributed by atoms with E-state index in [9.17, 15) is 9.90 Å². The average Bonchev–Trinajstić information content (AvgIpc) is 3.05. The van der Waals surface area contributed by atoms with Gasteiger partial charge in [0.2, 0.25) is 0 Å². The molecule has 0 aromatic carbocycles. The number of esters is 1. The highest BCUT2D eigenvalue weighted by atomic mass is 16.5. The Morgan fingerprint density at radius 1 is 1.03 bits per heavy atom. The Balaban J connectivity index is 1.52. The Kier molecular flexibility index (Phi) is 5.86. The molecule has 3 heteroatoms. The lowest BCUT2D eigenvalue weighted by atomic mass is 9.43. The summed E-state index contributed by atoms with van der Waals surface area (Å²) in [7, 11) is 1.50. The first kappa shape index (κ1) is 21.7. The molecule has 4 saturated carbocycles. The number of hydrogen-bond acceptors (Lipinski definition) is 3. The van der Waals surface area contributed by atoms with Gasteiger partial charge in [-0.15, -0.1) is 0 Å². The minimum absolute atomic E-state index is 0.0684. The van der Waals surface area contributed by atoms with Crippen LogP contribution in [-0.4, -0.2) is 24.3 Å². The van der Waals surface area contributed by atoms with Crippen molar-refractivity contribution in [3.63, 3.8) is 0 Å². The van der Waals surface area contributed by atoms with Gasteiger partial charge in [-0.3, -0.25) is 4.79 Å². The van der Waals surface area contributed by atoms with Crippen molar-refractivity contribution in [3.8, 4) is 0 Å². The van der Waals surface area contributed by atoms with Gasteiger partial charge in [-0.1, -0.05) is 34.1 Å². The summed E-state index contributed by atoms with van der Waals surface area (Å²) in [5.41, 5.74) is 0.742. The zero-order valence-corrected chi connectivity index (χ0v) is 19.5. The van der Waals surface area contributed by atoms with Crippen molar-refractivity contribution in [3.05, 3.63) is 0 Å². The molecule has 0 aromatic rings. The number of fused-ring (bicyclic) bond motifs is 5. The van der Waals surface area contributed by atoms with E-state index in [4.69, 9.17) is 4.74 Å². The molecule has 5 unspecified atom stereocenters. The maximum absolute atomic E-state index is 11.7. The number of carbonyl (C=O) groups is 1. The third kappa shape index (κ3) is 3.48. The second kappa shape index (κ2) is 7.84. The van der Waals surface area contributed by atoms with Gasteiger partial charge < -0.3 is 9.84 Å². The minimum Gasteiger partial charge on any atom is -0.469 e. The van der Waals surface area contributed by atoms with Crippen LogP contribution < -0.4 is 0 Å². The van der Waals surface area contributed by atoms with Crippen molar-refractivity contribution in [1.29, 1.82) is 0 Å². The van der Waals surface area contributed by atoms with Crippen LogP contribution >= 0.6 is 0 Å². The molecule has 3 nitrogen and oxygen atoms in total. The van der Waals surface area contributed by atoms with Gasteiger partial charge in [-0.25, -0.2) is 0 Å². The van der Waals surface area contributed by atoms with E-state index in [-0.39, 0.29) is 12.1 Å². The molecule has 0 bridgehead atoms. The predicted octanol–water partition coefficient (Wildman–Crippen LogP) is 5.84. The zero-order valence-electron chi connectivity index (χ0n) is 19.5. The lowest BCUT2D eigenvalue weighted by Crippen LogP contribution is -2.57. The molecule has 166 valence electrons. The Labute approximate surface area is 178 Å². The van der Waals surface area contributed by atoms with Crippen LogP contribution in [-0.2, 0) is 9.53 Å². The van der Waals surface area contributed by atoms with Gasteiger partial charge in [-0.2, -0.15) is 0 Å². The minimum atomic E-state index is -0.0952. The molecular weight excluding hydrogens is 360 g/mol. The van der Waals surface area contributed by atoms with E-state index in [1.165, 1.54) is 52.1 Å². The maximum atomic E-state index is 11.7. The molecule has 0 aromatic heterocycles. The summed E-state index contributed by atoms with van der Waals surface area (Å²) in [5, 5.41) is 11.2. The van der Waals surface area contributed by atoms with E-state index in [1.807, 2.05) is 0 Å². The van der Waals surface area contributed by atoms with Gasteiger partial charge in [0.25, 0.3) is 0 Å². The van der Waals surface area contributed by atoms with Crippen LogP contribution in [0.5, 0.6) is 0 Å². The summed E-state index contributed by atoms with van der Waals surface area (Å²) in [6.45, 7) is 9.85. The summed E-state index contributed by atoms with van der Waals surface area (Å²) in [5.74, 6) is 4.80. The number of methoxy groups -OCH3 is 1. The fourth-order valence-electron chi connectivity index (χ4n) is 9.12. The number of aliphatic hydroxyl groups is 1. The topological polar surface area (TPSA) is 46.5 Å². The third-order valence-corrected chi connectivity index (χ3v) is 10.7. The summed E-state index contributed by atoms with van der Waals surface area (Å²) in [6, 6.07) is 0. The van der Waals surface area contributed by atoms with Crippen LogP contribution in [0.4, 0.5) is 0 Å². The number of hydrogen-bond donors (Lipinski definition) is 1. The van der Waals surface area contributed by atoms with E-state index in [1.54, 1.807) is 0 Å². The number of carbonyl (C=O) groups excluding carboxylic acids is 1. The van der Waals surface area contributed by atoms with Crippen molar-refractivity contribution >= 4 is 5.97 Å². The van der Waals surface area contributed by atoms with E-state index >= 15 is 0 Å². The fourth-order valence-corrected chi connectivity index (χ4v) is 9.12. The van der Waals surface area contributed by atoms with Crippen LogP contribution in [0.2, 0.25) is 0 Å². The highest BCUT2D eigenvalue weighted by Gasteiger charge is 2.62. The largest absolute Gasteiger partial charge is 0.469 e. The molecule has 0 amide bonds. The van der Waals surface area contributed by atoms with Crippen molar-refractivity contribution < 1.29 is 14.6 Å². The zero-order chi connectivity index (χ0) is 21.0. The Bertz CT molecular complexity index is 617. The van der Waals surface area contributed by atoms with Crippen molar-refractivity contribution in [2.24, 2.45) is 52.3 Å². The van der Waals surface area contributed by atoms with Crippen molar-refractivity contribution in [2.45, 2.75) is 98.0 Å². The molecule has 0 spiro atoms. The molecule has 10 atom stereocenters. The Morgan fingerprint density at radius 2 is 1.72 bits per heavy atom. The molecule has 0 saturated heterocycles. The van der Waals surface area contributed by atoms with Gasteiger partial charge in [0.05, 0.1) is 13.2 Å². The molecule has 4 aliphatic rings. The van der Waals surface area contributed by atoms with Crippen LogP contribution in [0.15, 0.2) is 0 Å². The quantitative estimate of drug-likeness (QED) is 0.599. The van der Waals surface area contributed by atoms with E-state index in [0.29, 0.717) is 40.9 Å². The molecule has 0 radical (unpaired) electrons. The van der Waals surface area contributed by atoms with E-state index < -0.39 is 0 Å². The molecule has 4 fully saturated rings. The number of aliphatic hydroxyl groups excluding tert-OH is 1. The molecule has 0 heterocycles. The molecule has 4 rings (SSSR count). The fraction of sp³-hybridized carbons (Fsp3) is 0.962. The van der Waals surface area contributed by atoms with Crippen LogP contribution in [0.1, 0.15) is 91.9 Å². The lowest BCUT2D eigenvalue weighted by molar-refractivity contribution is -0.165. The molecule has 4 aliphatic carbocycles. The van der Waals surface area contributed by atoms with Gasteiger partial charge in [0.15, 0.2) is 0 Å². The molecule has 0 aliphatic heterocycles. The Morgan fingerprint density at radius 3 is 2.45 bits per heavy atom. The summed E-state index contributed by atoms with van der Waals surface area (Å²) in [4.78, 5) is 11.7. The molecule has 1 N–H and O–H groups in total. The third-order valence-electron chi connectivity index (χ3n) is 10.7. The standard InChI is InChI=1S/C26H44O3/c1-16-10-12-26(4)21-11-13-25(3)19(17(2)6-9-24(28)29-5)7-8-20(25)18(21)15-23(27)22(26)14-16/h16-23,27H,6-15H2,1-5H3/t16-,17-,18?,19?,20?,21?,22?,23+,25-,26-/m1/s1. The molecular formula is C26H44O3. The average molecular weight is 405 g/mol. The lowest BCUT2D eigenvalue weighted by Gasteiger charge is -2.62. The van der Waals surface area contributed by atoms with Crippen molar-refractivity contribution in [1.82, 2.24) is 0 Å². The summed E-state index contributed by atoms with van der Waals surface area (Å²) < 4.78 is 4.88. The van der Waals surface area contributed by atoms with Gasteiger partial charge >= 0.3 is 5.97 Å². The van der Waals surface area contributed by atoms with Crippen LogP contribution in [0.25, 0.3) is 0 Å². The first-order valence-electron chi connectivity index (χ1n) is 12.5. The van der Waals surface area contributed by atoms with Gasteiger partial charge in [-0.05, 0) is 104 Å². The van der Waals surface area contributed by atoms with Crippen LogP contribution in [0, 0.1) is 52.3 Å². The normalized spacial score (nSPS) is 50.2. The maximum Gasteiger partial charge on any atom is 0.305 e. The smallest absolute Gasteiger partial charge is 0.305 e. The first-order chi connectivity index (χ1) is 13.7. The number of rotatable bonds is 4. The van der Waals surface area contributed by atoms with E-state index in [2.05, 4.69) is 27.7 Å². The van der Waals surface area contributed by atoms with E-state index in [0.717, 1.165) is 30.6 Å². The predicted molar refractivity (Wildman–Crippen MR) is 116 cm³/mol. The van der Waals surface area contributed by atoms with Crippen LogP contribution in [0.3, 0.4) is 0 Å². The monoisotopic (exact) mass is 404 g/mol. The highest BCUT2D eigenvalue weighted by molar-refractivity contribution is 5.69. The second-order valence-corrected chi connectivity index (χ2v) is 12.0. The highest BCUT2D eigenvalue weighted by Crippen LogP contribution is 2.68. The number of ether oxygens (including phenoxy) is 1. The Hall–Kier alpha value is -0.570. The van der Waals surface area contributed by atoms with Crippen molar-refractivity contribution in [2.75, 3.05) is 7.11 Å². The first-order valence-corrected chi connectivity index (χ1v) is 12.5. The summed E-state index contributed by atoms with van der Waals surface area (Å²) >= 11 is 0. The second-order valence-electron chi connectivity index (χ2n) is 12.0.